The van der Waals surface area contributed by atoms with E-state index in [9.17, 15) is 9.18 Å². The van der Waals surface area contributed by atoms with Crippen LogP contribution in [0.5, 0.6) is 0 Å². The van der Waals surface area contributed by atoms with Gasteiger partial charge in [-0.25, -0.2) is 4.39 Å². The number of hydrogen-bond donors (Lipinski definition) is 1. The van der Waals surface area contributed by atoms with Crippen LogP contribution < -0.4 is 5.32 Å². The Bertz CT molecular complexity index is 665. The molecule has 2 rings (SSSR count). The van der Waals surface area contributed by atoms with E-state index in [1.165, 1.54) is 12.1 Å². The van der Waals surface area contributed by atoms with Crippen molar-refractivity contribution in [3.8, 4) is 0 Å². The largest absolute Gasteiger partial charge is 0.325 e. The van der Waals surface area contributed by atoms with E-state index >= 15 is 0 Å². The topological polar surface area (TPSA) is 29.1 Å². The number of rotatable bonds is 3. The first-order chi connectivity index (χ1) is 9.80. The molecule has 0 spiro atoms. The smallest absolute Gasteiger partial charge is 0.234 e. The zero-order valence-corrected chi connectivity index (χ0v) is 13.8. The third-order valence-electron chi connectivity index (χ3n) is 3.55. The minimum atomic E-state index is -0.741. The van der Waals surface area contributed by atoms with Crippen molar-refractivity contribution >= 4 is 27.5 Å². The van der Waals surface area contributed by atoms with Crippen LogP contribution in [0.2, 0.25) is 0 Å². The zero-order valence-electron chi connectivity index (χ0n) is 12.2. The summed E-state index contributed by atoms with van der Waals surface area (Å²) in [7, 11) is 0. The zero-order chi connectivity index (χ0) is 15.6. The number of carbonyl (C=O) groups is 1. The summed E-state index contributed by atoms with van der Waals surface area (Å²) < 4.78 is 14.0. The number of aryl methyl sites for hydroxylation is 1. The predicted molar refractivity (Wildman–Crippen MR) is 86.9 cm³/mol. The molecule has 0 radical (unpaired) electrons. The molecule has 2 aromatic carbocycles. The van der Waals surface area contributed by atoms with Gasteiger partial charge in [-0.05, 0) is 62.2 Å². The Morgan fingerprint density at radius 3 is 2.33 bits per heavy atom. The third-order valence-corrected chi connectivity index (χ3v) is 4.44. The van der Waals surface area contributed by atoms with Crippen LogP contribution in [-0.4, -0.2) is 5.91 Å². The summed E-state index contributed by atoms with van der Waals surface area (Å²) in [5.41, 5.74) is 1.83. The van der Waals surface area contributed by atoms with Gasteiger partial charge in [-0.15, -0.1) is 0 Å². The number of hydrogen-bond acceptors (Lipinski definition) is 1. The van der Waals surface area contributed by atoms with E-state index in [-0.39, 0.29) is 11.7 Å². The Balaban J connectivity index is 2.21. The van der Waals surface area contributed by atoms with Gasteiger partial charge < -0.3 is 5.32 Å². The first-order valence-electron chi connectivity index (χ1n) is 6.64. The second kappa shape index (κ2) is 5.98. The summed E-state index contributed by atoms with van der Waals surface area (Å²) in [5.74, 6) is -0.436. The molecule has 0 aliphatic carbocycles. The first kappa shape index (κ1) is 15.7. The minimum absolute atomic E-state index is 0.129. The fourth-order valence-electron chi connectivity index (χ4n) is 2.01. The maximum atomic E-state index is 13.0. The molecule has 4 heteroatoms. The highest BCUT2D eigenvalue weighted by Gasteiger charge is 2.29. The van der Waals surface area contributed by atoms with E-state index in [0.717, 1.165) is 21.3 Å². The Labute approximate surface area is 132 Å². The molecule has 0 aromatic heterocycles. The van der Waals surface area contributed by atoms with Crippen LogP contribution in [0.15, 0.2) is 46.9 Å². The Morgan fingerprint density at radius 1 is 1.14 bits per heavy atom. The monoisotopic (exact) mass is 349 g/mol. The van der Waals surface area contributed by atoms with Gasteiger partial charge in [0.1, 0.15) is 5.82 Å². The van der Waals surface area contributed by atoms with Crippen molar-refractivity contribution in [2.75, 3.05) is 5.32 Å². The van der Waals surface area contributed by atoms with Gasteiger partial charge in [-0.3, -0.25) is 4.79 Å². The number of halogens is 2. The normalized spacial score (nSPS) is 11.3. The van der Waals surface area contributed by atoms with Crippen molar-refractivity contribution in [1.82, 2.24) is 0 Å². The van der Waals surface area contributed by atoms with Gasteiger partial charge in [0.15, 0.2) is 0 Å². The maximum Gasteiger partial charge on any atom is 0.234 e. The molecule has 110 valence electrons. The average molecular weight is 350 g/mol. The summed E-state index contributed by atoms with van der Waals surface area (Å²) in [5, 5.41) is 2.91. The van der Waals surface area contributed by atoms with E-state index in [0.29, 0.717) is 0 Å². The molecule has 0 aliphatic rings. The van der Waals surface area contributed by atoms with E-state index < -0.39 is 5.41 Å². The highest BCUT2D eigenvalue weighted by Crippen LogP contribution is 2.26. The van der Waals surface area contributed by atoms with Crippen molar-refractivity contribution in [3.63, 3.8) is 0 Å². The average Bonchev–Trinajstić information content (AvgIpc) is 2.43. The Hall–Kier alpha value is -1.68. The third kappa shape index (κ3) is 3.50. The van der Waals surface area contributed by atoms with Crippen molar-refractivity contribution in [2.24, 2.45) is 0 Å². The number of nitrogens with one attached hydrogen (secondary N) is 1. The van der Waals surface area contributed by atoms with Crippen molar-refractivity contribution < 1.29 is 9.18 Å². The van der Waals surface area contributed by atoms with Crippen molar-refractivity contribution in [1.29, 1.82) is 0 Å². The predicted octanol–water partition coefficient (Wildman–Crippen LogP) is 4.81. The summed E-state index contributed by atoms with van der Waals surface area (Å²) >= 11 is 3.43. The SMILES string of the molecule is Cc1cc(NC(=O)C(C)(C)c2ccc(F)cc2)ccc1Br. The summed E-state index contributed by atoms with van der Waals surface area (Å²) in [6.45, 7) is 5.60. The van der Waals surface area contributed by atoms with Crippen LogP contribution in [0, 0.1) is 12.7 Å². The lowest BCUT2D eigenvalue weighted by atomic mass is 9.83. The molecular weight excluding hydrogens is 333 g/mol. The molecule has 2 nitrogen and oxygen atoms in total. The summed E-state index contributed by atoms with van der Waals surface area (Å²) in [6, 6.07) is 11.7. The van der Waals surface area contributed by atoms with E-state index in [4.69, 9.17) is 0 Å². The van der Waals surface area contributed by atoms with Crippen molar-refractivity contribution in [3.05, 3.63) is 63.9 Å². The quantitative estimate of drug-likeness (QED) is 0.845. The molecule has 1 N–H and O–H groups in total. The van der Waals surface area contributed by atoms with Crippen LogP contribution in [0.25, 0.3) is 0 Å². The molecule has 2 aromatic rings. The summed E-state index contributed by atoms with van der Waals surface area (Å²) in [4.78, 5) is 12.5. The van der Waals surface area contributed by atoms with Gasteiger partial charge in [-0.2, -0.15) is 0 Å². The van der Waals surface area contributed by atoms with E-state index in [2.05, 4.69) is 21.2 Å². The second-order valence-electron chi connectivity index (χ2n) is 5.55. The van der Waals surface area contributed by atoms with Gasteiger partial charge >= 0.3 is 0 Å². The first-order valence-corrected chi connectivity index (χ1v) is 7.43. The van der Waals surface area contributed by atoms with Gasteiger partial charge in [0, 0.05) is 10.2 Å². The second-order valence-corrected chi connectivity index (χ2v) is 6.40. The van der Waals surface area contributed by atoms with Gasteiger partial charge in [0.2, 0.25) is 5.91 Å². The lowest BCUT2D eigenvalue weighted by Gasteiger charge is -2.24. The van der Waals surface area contributed by atoms with Crippen molar-refractivity contribution in [2.45, 2.75) is 26.2 Å². The van der Waals surface area contributed by atoms with Gasteiger partial charge in [-0.1, -0.05) is 28.1 Å². The Morgan fingerprint density at radius 2 is 1.76 bits per heavy atom. The van der Waals surface area contributed by atoms with E-state index in [1.807, 2.05) is 39.0 Å². The molecule has 0 unspecified atom stereocenters. The molecule has 0 heterocycles. The standard InChI is InChI=1S/C17H17BrFNO/c1-11-10-14(8-9-15(11)18)20-16(21)17(2,3)12-4-6-13(19)7-5-12/h4-10H,1-3H3,(H,20,21). The van der Waals surface area contributed by atoms with Crippen LogP contribution in [0.3, 0.4) is 0 Å². The minimum Gasteiger partial charge on any atom is -0.325 e. The van der Waals surface area contributed by atoms with E-state index in [1.54, 1.807) is 12.1 Å². The molecule has 0 aliphatic heterocycles. The molecule has 0 atom stereocenters. The van der Waals surface area contributed by atoms with Gasteiger partial charge in [0.25, 0.3) is 0 Å². The highest BCUT2D eigenvalue weighted by atomic mass is 79.9. The molecule has 0 saturated carbocycles. The lowest BCUT2D eigenvalue weighted by Crippen LogP contribution is -2.34. The number of carbonyl (C=O) groups excluding carboxylic acids is 1. The fourth-order valence-corrected chi connectivity index (χ4v) is 2.25. The molecule has 0 saturated heterocycles. The fraction of sp³-hybridized carbons (Fsp3) is 0.235. The Kier molecular flexibility index (Phi) is 4.47. The molecular formula is C17H17BrFNO. The number of amides is 1. The number of benzene rings is 2. The molecule has 0 fully saturated rings. The highest BCUT2D eigenvalue weighted by molar-refractivity contribution is 9.10. The molecule has 21 heavy (non-hydrogen) atoms. The number of anilines is 1. The van der Waals surface area contributed by atoms with Crippen LogP contribution >= 0.6 is 15.9 Å². The van der Waals surface area contributed by atoms with Gasteiger partial charge in [0.05, 0.1) is 5.41 Å². The van der Waals surface area contributed by atoms with Crippen LogP contribution in [0.4, 0.5) is 10.1 Å². The maximum absolute atomic E-state index is 13.0. The lowest BCUT2D eigenvalue weighted by molar-refractivity contribution is -0.120. The molecule has 1 amide bonds. The molecule has 0 bridgehead atoms. The summed E-state index contributed by atoms with van der Waals surface area (Å²) in [6.07, 6.45) is 0. The van der Waals surface area contributed by atoms with Crippen LogP contribution in [-0.2, 0) is 10.2 Å². The van der Waals surface area contributed by atoms with Crippen LogP contribution in [0.1, 0.15) is 25.0 Å².